The van der Waals surface area contributed by atoms with E-state index in [4.69, 9.17) is 9.47 Å². The second-order valence-corrected chi connectivity index (χ2v) is 10.0. The number of hydrogen-bond donors (Lipinski definition) is 1. The number of nitrogens with zero attached hydrogens (tertiary/aromatic N) is 7. The molecule has 0 aliphatic heterocycles. The van der Waals surface area contributed by atoms with Crippen LogP contribution < -0.4 is 14.2 Å². The molecule has 1 N–H and O–H groups in total. The second-order valence-electron chi connectivity index (χ2n) is 8.00. The van der Waals surface area contributed by atoms with Crippen LogP contribution in [0.5, 0.6) is 11.5 Å². The third kappa shape index (κ3) is 4.71. The van der Waals surface area contributed by atoms with Gasteiger partial charge in [0.05, 0.1) is 43.6 Å². The number of halogens is 1. The van der Waals surface area contributed by atoms with E-state index < -0.39 is 27.0 Å². The fourth-order valence-corrected chi connectivity index (χ4v) is 4.83. The minimum absolute atomic E-state index is 0.0873. The SMILES string of the molecule is COc1cccc(OC)c1-n1c(NS(=O)(=O)C(C)C(C)c2ncc(F)cn2)nnc1-c1cnn(C)c1. The summed E-state index contributed by atoms with van der Waals surface area (Å²) in [7, 11) is 0.672. The normalized spacial score (nSPS) is 13.3. The molecule has 4 rings (SSSR count). The van der Waals surface area contributed by atoms with Crippen molar-refractivity contribution in [1.82, 2.24) is 34.5 Å². The van der Waals surface area contributed by atoms with E-state index >= 15 is 0 Å². The van der Waals surface area contributed by atoms with Gasteiger partial charge in [-0.3, -0.25) is 14.0 Å². The summed E-state index contributed by atoms with van der Waals surface area (Å²) in [6, 6.07) is 5.16. The predicted molar refractivity (Wildman–Crippen MR) is 129 cm³/mol. The molecule has 14 heteroatoms. The Morgan fingerprint density at radius 3 is 2.22 bits per heavy atom. The fraction of sp³-hybridized carbons (Fsp3) is 0.318. The maximum Gasteiger partial charge on any atom is 0.243 e. The lowest BCUT2D eigenvalue weighted by molar-refractivity contribution is 0.391. The first-order valence-electron chi connectivity index (χ1n) is 10.8. The minimum atomic E-state index is -4.05. The average Bonchev–Trinajstić information content (AvgIpc) is 3.48. The van der Waals surface area contributed by atoms with Crippen LogP contribution in [0.2, 0.25) is 0 Å². The van der Waals surface area contributed by atoms with Gasteiger partial charge >= 0.3 is 0 Å². The monoisotopic (exact) mass is 516 g/mol. The molecule has 0 aliphatic carbocycles. The number of aromatic nitrogens is 7. The number of aryl methyl sites for hydroxylation is 1. The maximum atomic E-state index is 13.4. The van der Waals surface area contributed by atoms with Gasteiger partial charge < -0.3 is 9.47 Å². The van der Waals surface area contributed by atoms with Gasteiger partial charge in [-0.05, 0) is 19.1 Å². The van der Waals surface area contributed by atoms with Crippen molar-refractivity contribution in [2.45, 2.75) is 25.0 Å². The van der Waals surface area contributed by atoms with Crippen LogP contribution >= 0.6 is 0 Å². The van der Waals surface area contributed by atoms with Crippen LogP contribution in [0, 0.1) is 5.82 Å². The molecule has 12 nitrogen and oxygen atoms in total. The van der Waals surface area contributed by atoms with E-state index in [0.29, 0.717) is 28.6 Å². The van der Waals surface area contributed by atoms with Crippen LogP contribution in [0.15, 0.2) is 43.0 Å². The molecule has 0 radical (unpaired) electrons. The van der Waals surface area contributed by atoms with Crippen LogP contribution in [0.25, 0.3) is 17.1 Å². The molecular formula is C22H25FN8O4S. The van der Waals surface area contributed by atoms with Crippen molar-refractivity contribution in [3.05, 3.63) is 54.6 Å². The molecule has 36 heavy (non-hydrogen) atoms. The van der Waals surface area contributed by atoms with Crippen LogP contribution in [0.4, 0.5) is 10.3 Å². The highest BCUT2D eigenvalue weighted by atomic mass is 32.2. The Balaban J connectivity index is 1.81. The zero-order valence-electron chi connectivity index (χ0n) is 20.2. The van der Waals surface area contributed by atoms with Gasteiger partial charge in [-0.15, -0.1) is 10.2 Å². The van der Waals surface area contributed by atoms with E-state index in [1.165, 1.54) is 25.7 Å². The molecule has 2 unspecified atom stereocenters. The summed E-state index contributed by atoms with van der Waals surface area (Å²) in [6.45, 7) is 3.15. The number of rotatable bonds is 9. The van der Waals surface area contributed by atoms with Gasteiger partial charge in [0, 0.05) is 19.2 Å². The smallest absolute Gasteiger partial charge is 0.243 e. The molecule has 0 amide bonds. The Morgan fingerprint density at radius 2 is 1.67 bits per heavy atom. The van der Waals surface area contributed by atoms with Gasteiger partial charge in [0.25, 0.3) is 0 Å². The zero-order chi connectivity index (χ0) is 26.0. The van der Waals surface area contributed by atoms with E-state index in [2.05, 4.69) is 30.0 Å². The molecule has 3 aromatic heterocycles. The number of para-hydroxylation sites is 1. The number of benzene rings is 1. The number of hydrogen-bond acceptors (Lipinski definition) is 9. The summed E-state index contributed by atoms with van der Waals surface area (Å²) in [6.07, 6.45) is 5.29. The number of ether oxygens (including phenoxy) is 2. The predicted octanol–water partition coefficient (Wildman–Crippen LogP) is 2.55. The van der Waals surface area contributed by atoms with E-state index in [9.17, 15) is 12.8 Å². The zero-order valence-corrected chi connectivity index (χ0v) is 21.1. The number of anilines is 1. The number of sulfonamides is 1. The Hall–Kier alpha value is -4.07. The van der Waals surface area contributed by atoms with Crippen LogP contribution in [0.1, 0.15) is 25.6 Å². The third-order valence-electron chi connectivity index (χ3n) is 5.73. The van der Waals surface area contributed by atoms with Crippen molar-refractivity contribution >= 4 is 16.0 Å². The molecule has 0 aliphatic rings. The Labute approximate surface area is 207 Å². The molecule has 0 bridgehead atoms. The fourth-order valence-electron chi connectivity index (χ4n) is 3.59. The lowest BCUT2D eigenvalue weighted by Crippen LogP contribution is -2.31. The Kier molecular flexibility index (Phi) is 6.88. The Morgan fingerprint density at radius 1 is 1.03 bits per heavy atom. The van der Waals surface area contributed by atoms with Gasteiger partial charge in [-0.2, -0.15) is 5.10 Å². The van der Waals surface area contributed by atoms with Gasteiger partial charge in [0.2, 0.25) is 16.0 Å². The first-order chi connectivity index (χ1) is 17.2. The summed E-state index contributed by atoms with van der Waals surface area (Å²) in [5.74, 6) is -0.0405. The Bertz CT molecular complexity index is 1450. The molecular weight excluding hydrogens is 491 g/mol. The molecule has 0 saturated carbocycles. The molecule has 3 heterocycles. The van der Waals surface area contributed by atoms with E-state index in [0.717, 1.165) is 12.4 Å². The van der Waals surface area contributed by atoms with Gasteiger partial charge in [0.15, 0.2) is 11.6 Å². The first kappa shape index (κ1) is 25.0. The summed E-state index contributed by atoms with van der Waals surface area (Å²) in [5, 5.41) is 11.5. The lowest BCUT2D eigenvalue weighted by Gasteiger charge is -2.21. The average molecular weight is 517 g/mol. The molecule has 0 saturated heterocycles. The minimum Gasteiger partial charge on any atom is -0.494 e. The second kappa shape index (κ2) is 9.89. The van der Waals surface area contributed by atoms with Crippen molar-refractivity contribution in [2.24, 2.45) is 7.05 Å². The topological polar surface area (TPSA) is 139 Å². The highest BCUT2D eigenvalue weighted by Gasteiger charge is 2.32. The highest BCUT2D eigenvalue weighted by molar-refractivity contribution is 7.93. The summed E-state index contributed by atoms with van der Waals surface area (Å²) in [5.41, 5.74) is 0.983. The first-order valence-corrected chi connectivity index (χ1v) is 12.4. The van der Waals surface area contributed by atoms with E-state index in [1.807, 2.05) is 0 Å². The van der Waals surface area contributed by atoms with Crippen molar-refractivity contribution in [3.8, 4) is 28.6 Å². The van der Waals surface area contributed by atoms with Gasteiger partial charge in [-0.1, -0.05) is 13.0 Å². The highest BCUT2D eigenvalue weighted by Crippen LogP contribution is 2.38. The largest absolute Gasteiger partial charge is 0.494 e. The molecule has 4 aromatic rings. The van der Waals surface area contributed by atoms with Crippen molar-refractivity contribution in [2.75, 3.05) is 18.9 Å². The standard InChI is InChI=1S/C22H25FN8O4S/c1-13(20-24-10-16(23)11-25-20)14(2)36(32,33)29-22-28-27-21(15-9-26-30(3)12-15)31(22)19-17(34-4)7-6-8-18(19)35-5/h6-14H,1-5H3,(H,28,29). The number of methoxy groups -OCH3 is 2. The van der Waals surface area contributed by atoms with Gasteiger partial charge in [-0.25, -0.2) is 22.8 Å². The van der Waals surface area contributed by atoms with Gasteiger partial charge in [0.1, 0.15) is 23.0 Å². The third-order valence-corrected chi connectivity index (χ3v) is 7.58. The molecule has 0 fully saturated rings. The molecule has 0 spiro atoms. The lowest BCUT2D eigenvalue weighted by atomic mass is 10.1. The summed E-state index contributed by atoms with van der Waals surface area (Å²) >= 11 is 0. The quantitative estimate of drug-likeness (QED) is 0.355. The molecule has 190 valence electrons. The van der Waals surface area contributed by atoms with Crippen LogP contribution in [-0.2, 0) is 17.1 Å². The maximum absolute atomic E-state index is 13.4. The van der Waals surface area contributed by atoms with Crippen molar-refractivity contribution in [3.63, 3.8) is 0 Å². The molecule has 1 aromatic carbocycles. The van der Waals surface area contributed by atoms with Crippen LogP contribution in [0.3, 0.4) is 0 Å². The summed E-state index contributed by atoms with van der Waals surface area (Å²) < 4.78 is 56.8. The van der Waals surface area contributed by atoms with Crippen LogP contribution in [-0.4, -0.2) is 62.4 Å². The van der Waals surface area contributed by atoms with E-state index in [-0.39, 0.29) is 11.8 Å². The molecule has 2 atom stereocenters. The van der Waals surface area contributed by atoms with Crippen molar-refractivity contribution < 1.29 is 22.3 Å². The van der Waals surface area contributed by atoms with E-state index in [1.54, 1.807) is 49.2 Å². The number of nitrogens with one attached hydrogen (secondary N) is 1. The van der Waals surface area contributed by atoms with Crippen molar-refractivity contribution in [1.29, 1.82) is 0 Å². The summed E-state index contributed by atoms with van der Waals surface area (Å²) in [4.78, 5) is 7.85.